The first-order valence-corrected chi connectivity index (χ1v) is 5.15. The third kappa shape index (κ3) is 3.72. The number of benzene rings is 1. The predicted molar refractivity (Wildman–Crippen MR) is 62.1 cm³/mol. The third-order valence-electron chi connectivity index (χ3n) is 2.17. The third-order valence-corrected chi connectivity index (χ3v) is 2.17. The van der Waals surface area contributed by atoms with Crippen molar-refractivity contribution >= 4 is 11.8 Å². The van der Waals surface area contributed by atoms with Crippen LogP contribution in [-0.2, 0) is 0 Å². The number of phenols is 1. The maximum absolute atomic E-state index is 11.6. The summed E-state index contributed by atoms with van der Waals surface area (Å²) in [6, 6.07) is 3.53. The van der Waals surface area contributed by atoms with Crippen molar-refractivity contribution in [3.8, 4) is 5.75 Å². The molecule has 1 aromatic carbocycles. The number of phenolic OH excluding ortho intramolecular Hbond substituents is 1. The summed E-state index contributed by atoms with van der Waals surface area (Å²) in [4.78, 5) is 22.6. The molecule has 7 nitrogen and oxygen atoms in total. The fraction of sp³-hybridized carbons (Fsp3) is 0.273. The largest absolute Gasteiger partial charge is 0.508 e. The van der Waals surface area contributed by atoms with E-state index in [1.165, 1.54) is 6.07 Å². The molecule has 0 saturated heterocycles. The Balaban J connectivity index is 2.82. The standard InChI is InChI=1S/C11H14N2O5/c12-10(17)6-1-7(3-8(15)2-6)11(18)13-4-9(16)5-14/h1-3,9,14-16H,4-5H2,(H2,12,17)(H,13,18). The van der Waals surface area contributed by atoms with E-state index in [9.17, 15) is 14.7 Å². The lowest BCUT2D eigenvalue weighted by molar-refractivity contribution is 0.0801. The summed E-state index contributed by atoms with van der Waals surface area (Å²) in [7, 11) is 0. The summed E-state index contributed by atoms with van der Waals surface area (Å²) < 4.78 is 0. The Morgan fingerprint density at radius 2 is 1.89 bits per heavy atom. The maximum atomic E-state index is 11.6. The van der Waals surface area contributed by atoms with E-state index in [0.717, 1.165) is 12.1 Å². The van der Waals surface area contributed by atoms with Crippen LogP contribution in [0.25, 0.3) is 0 Å². The highest BCUT2D eigenvalue weighted by molar-refractivity contribution is 5.99. The Hall–Kier alpha value is -2.12. The number of carbonyl (C=O) groups is 2. The molecule has 1 aromatic rings. The van der Waals surface area contributed by atoms with Gasteiger partial charge in [0.05, 0.1) is 12.7 Å². The van der Waals surface area contributed by atoms with Crippen molar-refractivity contribution in [2.45, 2.75) is 6.10 Å². The summed E-state index contributed by atoms with van der Waals surface area (Å²) in [6.07, 6.45) is -1.07. The minimum atomic E-state index is -1.07. The van der Waals surface area contributed by atoms with Crippen LogP contribution in [0.2, 0.25) is 0 Å². The van der Waals surface area contributed by atoms with E-state index in [1.54, 1.807) is 0 Å². The number of rotatable bonds is 5. The summed E-state index contributed by atoms with van der Waals surface area (Å²) in [5, 5.41) is 29.3. The fourth-order valence-electron chi connectivity index (χ4n) is 1.26. The summed E-state index contributed by atoms with van der Waals surface area (Å²) in [5.74, 6) is -1.63. The Bertz CT molecular complexity index is 461. The van der Waals surface area contributed by atoms with Gasteiger partial charge in [0.25, 0.3) is 5.91 Å². The highest BCUT2D eigenvalue weighted by Gasteiger charge is 2.12. The van der Waals surface area contributed by atoms with Crippen molar-refractivity contribution in [3.63, 3.8) is 0 Å². The lowest BCUT2D eigenvalue weighted by Gasteiger charge is -2.09. The molecule has 0 aliphatic carbocycles. The van der Waals surface area contributed by atoms with Gasteiger partial charge in [0.1, 0.15) is 5.75 Å². The second kappa shape index (κ2) is 5.99. The summed E-state index contributed by atoms with van der Waals surface area (Å²) in [6.45, 7) is -0.621. The number of hydrogen-bond acceptors (Lipinski definition) is 5. The number of aromatic hydroxyl groups is 1. The SMILES string of the molecule is NC(=O)c1cc(O)cc(C(=O)NCC(O)CO)c1. The second-order valence-corrected chi connectivity index (χ2v) is 3.68. The van der Waals surface area contributed by atoms with Gasteiger partial charge >= 0.3 is 0 Å². The molecule has 0 spiro atoms. The van der Waals surface area contributed by atoms with Crippen LogP contribution in [0, 0.1) is 0 Å². The van der Waals surface area contributed by atoms with Crippen molar-refractivity contribution in [2.24, 2.45) is 5.73 Å². The van der Waals surface area contributed by atoms with Gasteiger partial charge in [0.15, 0.2) is 0 Å². The Morgan fingerprint density at radius 3 is 2.44 bits per heavy atom. The van der Waals surface area contributed by atoms with E-state index < -0.39 is 24.5 Å². The van der Waals surface area contributed by atoms with Crippen molar-refractivity contribution in [3.05, 3.63) is 29.3 Å². The zero-order chi connectivity index (χ0) is 13.7. The molecule has 1 atom stereocenters. The normalized spacial score (nSPS) is 11.9. The van der Waals surface area contributed by atoms with Gasteiger partial charge in [-0.15, -0.1) is 0 Å². The lowest BCUT2D eigenvalue weighted by Crippen LogP contribution is -2.34. The topological polar surface area (TPSA) is 133 Å². The van der Waals surface area contributed by atoms with Crippen LogP contribution >= 0.6 is 0 Å². The van der Waals surface area contributed by atoms with Gasteiger partial charge in [0.2, 0.25) is 5.91 Å². The van der Waals surface area contributed by atoms with Crippen molar-refractivity contribution in [2.75, 3.05) is 13.2 Å². The number of hydrogen-bond donors (Lipinski definition) is 5. The molecular weight excluding hydrogens is 240 g/mol. The number of amides is 2. The van der Waals surface area contributed by atoms with E-state index >= 15 is 0 Å². The van der Waals surface area contributed by atoms with Crippen LogP contribution in [-0.4, -0.2) is 46.4 Å². The molecule has 0 bridgehead atoms. The zero-order valence-corrected chi connectivity index (χ0v) is 9.46. The molecule has 0 radical (unpaired) electrons. The number of nitrogens with one attached hydrogen (secondary N) is 1. The first kappa shape index (κ1) is 13.9. The minimum Gasteiger partial charge on any atom is -0.508 e. The van der Waals surface area contributed by atoms with Crippen LogP contribution in [0.5, 0.6) is 5.75 Å². The monoisotopic (exact) mass is 254 g/mol. The number of aliphatic hydroxyl groups is 2. The average Bonchev–Trinajstić information content (AvgIpc) is 2.34. The molecular formula is C11H14N2O5. The molecule has 1 unspecified atom stereocenters. The molecule has 7 heteroatoms. The van der Waals surface area contributed by atoms with Crippen LogP contribution < -0.4 is 11.1 Å². The first-order valence-electron chi connectivity index (χ1n) is 5.15. The minimum absolute atomic E-state index is 0.00265. The van der Waals surface area contributed by atoms with Gasteiger partial charge < -0.3 is 26.4 Å². The number of primary amides is 1. The molecule has 2 amide bonds. The van der Waals surface area contributed by atoms with Crippen molar-refractivity contribution < 1.29 is 24.9 Å². The smallest absolute Gasteiger partial charge is 0.251 e. The second-order valence-electron chi connectivity index (χ2n) is 3.68. The van der Waals surface area contributed by atoms with E-state index in [2.05, 4.69) is 5.32 Å². The Labute approximate surface area is 103 Å². The molecule has 1 rings (SSSR count). The van der Waals surface area contributed by atoms with Gasteiger partial charge in [0, 0.05) is 17.7 Å². The molecule has 98 valence electrons. The predicted octanol–water partition coefficient (Wildman–Crippen LogP) is -1.43. The quantitative estimate of drug-likeness (QED) is 0.439. The van der Waals surface area contributed by atoms with Gasteiger partial charge in [-0.3, -0.25) is 9.59 Å². The summed E-state index contributed by atoms with van der Waals surface area (Å²) >= 11 is 0. The van der Waals surface area contributed by atoms with Crippen molar-refractivity contribution in [1.29, 1.82) is 0 Å². The van der Waals surface area contributed by atoms with E-state index in [1.807, 2.05) is 0 Å². The van der Waals surface area contributed by atoms with Gasteiger partial charge in [-0.2, -0.15) is 0 Å². The average molecular weight is 254 g/mol. The van der Waals surface area contributed by atoms with Gasteiger partial charge in [-0.05, 0) is 18.2 Å². The highest BCUT2D eigenvalue weighted by Crippen LogP contribution is 2.15. The van der Waals surface area contributed by atoms with Crippen LogP contribution in [0.4, 0.5) is 0 Å². The van der Waals surface area contributed by atoms with Crippen LogP contribution in [0.1, 0.15) is 20.7 Å². The molecule has 0 fully saturated rings. The molecule has 0 aliphatic heterocycles. The van der Waals surface area contributed by atoms with Crippen LogP contribution in [0.15, 0.2) is 18.2 Å². The first-order chi connectivity index (χ1) is 8.43. The lowest BCUT2D eigenvalue weighted by atomic mass is 10.1. The maximum Gasteiger partial charge on any atom is 0.251 e. The highest BCUT2D eigenvalue weighted by atomic mass is 16.3. The van der Waals surface area contributed by atoms with E-state index in [0.29, 0.717) is 0 Å². The molecule has 0 heterocycles. The van der Waals surface area contributed by atoms with E-state index in [-0.39, 0.29) is 23.4 Å². The molecule has 6 N–H and O–H groups in total. The Morgan fingerprint density at radius 1 is 1.28 bits per heavy atom. The van der Waals surface area contributed by atoms with E-state index in [4.69, 9.17) is 15.9 Å². The number of carbonyl (C=O) groups excluding carboxylic acids is 2. The summed E-state index contributed by atoms with van der Waals surface area (Å²) in [5.41, 5.74) is 5.08. The Kier molecular flexibility index (Phi) is 4.64. The number of aliphatic hydroxyl groups excluding tert-OH is 2. The van der Waals surface area contributed by atoms with Crippen molar-refractivity contribution in [1.82, 2.24) is 5.32 Å². The van der Waals surface area contributed by atoms with Gasteiger partial charge in [-0.1, -0.05) is 0 Å². The zero-order valence-electron chi connectivity index (χ0n) is 9.46. The fourth-order valence-corrected chi connectivity index (χ4v) is 1.26. The molecule has 18 heavy (non-hydrogen) atoms. The molecule has 0 saturated carbocycles. The molecule has 0 aliphatic rings. The van der Waals surface area contributed by atoms with Gasteiger partial charge in [-0.25, -0.2) is 0 Å². The molecule has 0 aromatic heterocycles. The van der Waals surface area contributed by atoms with Crippen LogP contribution in [0.3, 0.4) is 0 Å². The number of nitrogens with two attached hydrogens (primary N) is 1.